The third-order valence-electron chi connectivity index (χ3n) is 3.56. The van der Waals surface area contributed by atoms with Crippen LogP contribution in [0.5, 0.6) is 5.75 Å². The number of hydrogen-bond donors (Lipinski definition) is 2. The maximum absolute atomic E-state index is 12.1. The summed E-state index contributed by atoms with van der Waals surface area (Å²) in [4.78, 5) is 12.1. The minimum Gasteiger partial charge on any atom is -0.495 e. The molecule has 1 aromatic carbocycles. The standard InChI is InChI=1S/C15H22N2O2/c1-11-3-4-14(19-2)13(9-11)17-15(18)10-12-5-7-16-8-6-12/h3-4,9,12,16H,5-8,10H2,1-2H3,(H,17,18). The number of benzene rings is 1. The van der Waals surface area contributed by atoms with Crippen LogP contribution < -0.4 is 15.4 Å². The topological polar surface area (TPSA) is 50.4 Å². The molecule has 0 saturated carbocycles. The summed E-state index contributed by atoms with van der Waals surface area (Å²) in [6.45, 7) is 4.04. The number of rotatable bonds is 4. The Morgan fingerprint density at radius 2 is 2.16 bits per heavy atom. The maximum Gasteiger partial charge on any atom is 0.224 e. The lowest BCUT2D eigenvalue weighted by molar-refractivity contribution is -0.117. The van der Waals surface area contributed by atoms with Crippen LogP contribution in [0.2, 0.25) is 0 Å². The molecule has 1 aliphatic heterocycles. The maximum atomic E-state index is 12.1. The highest BCUT2D eigenvalue weighted by molar-refractivity contribution is 5.92. The normalized spacial score (nSPS) is 16.1. The molecule has 2 rings (SSSR count). The third-order valence-corrected chi connectivity index (χ3v) is 3.56. The summed E-state index contributed by atoms with van der Waals surface area (Å²) in [5, 5.41) is 6.28. The van der Waals surface area contributed by atoms with Gasteiger partial charge in [0, 0.05) is 6.42 Å². The molecule has 0 spiro atoms. The van der Waals surface area contributed by atoms with Gasteiger partial charge in [-0.1, -0.05) is 6.07 Å². The number of methoxy groups -OCH3 is 1. The number of nitrogens with one attached hydrogen (secondary N) is 2. The summed E-state index contributed by atoms with van der Waals surface area (Å²) >= 11 is 0. The molecular weight excluding hydrogens is 240 g/mol. The van der Waals surface area contributed by atoms with E-state index < -0.39 is 0 Å². The molecule has 0 radical (unpaired) electrons. The van der Waals surface area contributed by atoms with Gasteiger partial charge in [0.2, 0.25) is 5.91 Å². The highest BCUT2D eigenvalue weighted by Gasteiger charge is 2.17. The van der Waals surface area contributed by atoms with Crippen LogP contribution in [0.3, 0.4) is 0 Å². The first-order valence-corrected chi connectivity index (χ1v) is 6.84. The summed E-state index contributed by atoms with van der Waals surface area (Å²) in [5.41, 5.74) is 1.87. The molecule has 0 unspecified atom stereocenters. The SMILES string of the molecule is COc1ccc(C)cc1NC(=O)CC1CCNCC1. The fourth-order valence-corrected chi connectivity index (χ4v) is 2.47. The quantitative estimate of drug-likeness (QED) is 0.875. The van der Waals surface area contributed by atoms with E-state index in [0.29, 0.717) is 18.1 Å². The first-order chi connectivity index (χ1) is 9.19. The van der Waals surface area contributed by atoms with Crippen LogP contribution in [0.25, 0.3) is 0 Å². The number of piperidine rings is 1. The summed E-state index contributed by atoms with van der Waals surface area (Å²) in [5.74, 6) is 1.29. The average Bonchev–Trinajstić information content (AvgIpc) is 2.40. The molecule has 19 heavy (non-hydrogen) atoms. The summed E-state index contributed by atoms with van der Waals surface area (Å²) in [7, 11) is 1.62. The van der Waals surface area contributed by atoms with E-state index in [2.05, 4.69) is 10.6 Å². The molecule has 1 amide bonds. The van der Waals surface area contributed by atoms with Crippen LogP contribution in [0, 0.1) is 12.8 Å². The number of aryl methyl sites for hydroxylation is 1. The van der Waals surface area contributed by atoms with Crippen molar-refractivity contribution in [2.75, 3.05) is 25.5 Å². The van der Waals surface area contributed by atoms with Crippen molar-refractivity contribution < 1.29 is 9.53 Å². The number of anilines is 1. The zero-order valence-electron chi connectivity index (χ0n) is 11.7. The number of carbonyl (C=O) groups excluding carboxylic acids is 1. The van der Waals surface area contributed by atoms with Crippen LogP contribution in [0.15, 0.2) is 18.2 Å². The minimum atomic E-state index is 0.0794. The molecule has 0 bridgehead atoms. The Hall–Kier alpha value is -1.55. The number of hydrogen-bond acceptors (Lipinski definition) is 3. The molecule has 0 atom stereocenters. The van der Waals surface area contributed by atoms with Crippen molar-refractivity contribution in [2.24, 2.45) is 5.92 Å². The second-order valence-corrected chi connectivity index (χ2v) is 5.15. The van der Waals surface area contributed by atoms with Gasteiger partial charge in [-0.15, -0.1) is 0 Å². The number of amides is 1. The van der Waals surface area contributed by atoms with Crippen LogP contribution in [0.1, 0.15) is 24.8 Å². The van der Waals surface area contributed by atoms with Gasteiger partial charge in [-0.05, 0) is 56.5 Å². The van der Waals surface area contributed by atoms with Crippen LogP contribution in [-0.2, 0) is 4.79 Å². The second-order valence-electron chi connectivity index (χ2n) is 5.15. The molecule has 1 saturated heterocycles. The lowest BCUT2D eigenvalue weighted by Crippen LogP contribution is -2.30. The second kappa shape index (κ2) is 6.57. The third kappa shape index (κ3) is 3.96. The molecule has 4 heteroatoms. The van der Waals surface area contributed by atoms with Gasteiger partial charge in [-0.3, -0.25) is 4.79 Å². The number of carbonyl (C=O) groups is 1. The molecule has 104 valence electrons. The zero-order valence-corrected chi connectivity index (χ0v) is 11.7. The smallest absolute Gasteiger partial charge is 0.224 e. The van der Waals surface area contributed by atoms with Crippen LogP contribution in [-0.4, -0.2) is 26.1 Å². The van der Waals surface area contributed by atoms with Crippen molar-refractivity contribution in [1.82, 2.24) is 5.32 Å². The van der Waals surface area contributed by atoms with Crippen molar-refractivity contribution in [3.63, 3.8) is 0 Å². The van der Waals surface area contributed by atoms with Crippen molar-refractivity contribution in [1.29, 1.82) is 0 Å². The Morgan fingerprint density at radius 1 is 1.42 bits per heavy atom. The summed E-state index contributed by atoms with van der Waals surface area (Å²) < 4.78 is 5.27. The Bertz CT molecular complexity index is 440. The Kier molecular flexibility index (Phi) is 4.80. The predicted molar refractivity (Wildman–Crippen MR) is 76.6 cm³/mol. The Morgan fingerprint density at radius 3 is 2.84 bits per heavy atom. The average molecular weight is 262 g/mol. The lowest BCUT2D eigenvalue weighted by Gasteiger charge is -2.22. The fourth-order valence-electron chi connectivity index (χ4n) is 2.47. The Labute approximate surface area is 114 Å². The van der Waals surface area contributed by atoms with Crippen LogP contribution in [0.4, 0.5) is 5.69 Å². The van der Waals surface area contributed by atoms with Gasteiger partial charge < -0.3 is 15.4 Å². The summed E-state index contributed by atoms with van der Waals surface area (Å²) in [6, 6.07) is 5.80. The fraction of sp³-hybridized carbons (Fsp3) is 0.533. The number of ether oxygens (including phenoxy) is 1. The first-order valence-electron chi connectivity index (χ1n) is 6.84. The molecule has 0 aromatic heterocycles. The highest BCUT2D eigenvalue weighted by Crippen LogP contribution is 2.26. The predicted octanol–water partition coefficient (Wildman–Crippen LogP) is 2.33. The van der Waals surface area contributed by atoms with Gasteiger partial charge in [0.1, 0.15) is 5.75 Å². The zero-order chi connectivity index (χ0) is 13.7. The highest BCUT2D eigenvalue weighted by atomic mass is 16.5. The molecule has 2 N–H and O–H groups in total. The van der Waals surface area contributed by atoms with E-state index in [4.69, 9.17) is 4.74 Å². The van der Waals surface area contributed by atoms with Crippen molar-refractivity contribution >= 4 is 11.6 Å². The largest absolute Gasteiger partial charge is 0.495 e. The van der Waals surface area contributed by atoms with Gasteiger partial charge in [0.05, 0.1) is 12.8 Å². The van der Waals surface area contributed by atoms with E-state index in [9.17, 15) is 4.79 Å². The van der Waals surface area contributed by atoms with Crippen molar-refractivity contribution in [3.05, 3.63) is 23.8 Å². The molecule has 1 fully saturated rings. The van der Waals surface area contributed by atoms with E-state index in [0.717, 1.165) is 37.2 Å². The minimum absolute atomic E-state index is 0.0794. The van der Waals surface area contributed by atoms with Gasteiger partial charge in [0.15, 0.2) is 0 Å². The van der Waals surface area contributed by atoms with E-state index in [1.54, 1.807) is 7.11 Å². The van der Waals surface area contributed by atoms with Gasteiger partial charge in [-0.25, -0.2) is 0 Å². The van der Waals surface area contributed by atoms with E-state index in [-0.39, 0.29) is 5.91 Å². The first kappa shape index (κ1) is 13.9. The molecule has 0 aliphatic carbocycles. The van der Waals surface area contributed by atoms with Crippen LogP contribution >= 0.6 is 0 Å². The van der Waals surface area contributed by atoms with E-state index in [1.807, 2.05) is 25.1 Å². The summed E-state index contributed by atoms with van der Waals surface area (Å²) in [6.07, 6.45) is 2.76. The van der Waals surface area contributed by atoms with Gasteiger partial charge >= 0.3 is 0 Å². The molecule has 1 aromatic rings. The molecule has 1 heterocycles. The van der Waals surface area contributed by atoms with E-state index in [1.165, 1.54) is 0 Å². The van der Waals surface area contributed by atoms with Gasteiger partial charge in [-0.2, -0.15) is 0 Å². The molecular formula is C15H22N2O2. The Balaban J connectivity index is 1.95. The lowest BCUT2D eigenvalue weighted by atomic mass is 9.94. The van der Waals surface area contributed by atoms with Crippen molar-refractivity contribution in [2.45, 2.75) is 26.2 Å². The molecule has 4 nitrogen and oxygen atoms in total. The van der Waals surface area contributed by atoms with Gasteiger partial charge in [0.25, 0.3) is 0 Å². The molecule has 1 aliphatic rings. The monoisotopic (exact) mass is 262 g/mol. The van der Waals surface area contributed by atoms with E-state index >= 15 is 0 Å². The van der Waals surface area contributed by atoms with Crippen molar-refractivity contribution in [3.8, 4) is 5.75 Å².